The first kappa shape index (κ1) is 19.6. The molecule has 8 heteroatoms. The summed E-state index contributed by atoms with van der Waals surface area (Å²) in [4.78, 5) is 12.7. The molecule has 3 rings (SSSR count). The number of aliphatic imine (C=N–C) groups is 1. The molecule has 6 nitrogen and oxygen atoms in total. The monoisotopic (exact) mass is 398 g/mol. The minimum atomic E-state index is -3.03. The van der Waals surface area contributed by atoms with Gasteiger partial charge < -0.3 is 10.2 Å². The van der Waals surface area contributed by atoms with Gasteiger partial charge in [0, 0.05) is 24.5 Å². The number of guanidine groups is 1. The average molecular weight is 399 g/mol. The molecule has 1 N–H and O–H groups in total. The van der Waals surface area contributed by atoms with Gasteiger partial charge in [0.1, 0.15) is 5.01 Å². The Morgan fingerprint density at radius 1 is 1.31 bits per heavy atom. The lowest BCUT2D eigenvalue weighted by Crippen LogP contribution is -2.60. The lowest BCUT2D eigenvalue weighted by atomic mass is 9.87. The molecule has 0 radical (unpaired) electrons. The van der Waals surface area contributed by atoms with Crippen molar-refractivity contribution in [3.63, 3.8) is 0 Å². The molecule has 0 aromatic carbocycles. The van der Waals surface area contributed by atoms with Crippen LogP contribution in [0.4, 0.5) is 0 Å². The number of hydrogen-bond donors (Lipinski definition) is 1. The third-order valence-electron chi connectivity index (χ3n) is 5.60. The Bertz CT molecular complexity index is 745. The van der Waals surface area contributed by atoms with E-state index in [1.165, 1.54) is 4.88 Å². The first-order valence-corrected chi connectivity index (χ1v) is 12.0. The summed E-state index contributed by atoms with van der Waals surface area (Å²) in [5.41, 5.74) is 1.07. The maximum Gasteiger partial charge on any atom is 0.194 e. The van der Waals surface area contributed by atoms with E-state index in [2.05, 4.69) is 22.1 Å². The van der Waals surface area contributed by atoms with Crippen LogP contribution in [0.25, 0.3) is 0 Å². The smallest absolute Gasteiger partial charge is 0.194 e. The van der Waals surface area contributed by atoms with Gasteiger partial charge in [-0.25, -0.2) is 18.4 Å². The molecule has 1 aliphatic carbocycles. The van der Waals surface area contributed by atoms with Crippen molar-refractivity contribution >= 4 is 27.1 Å². The minimum Gasteiger partial charge on any atom is -0.357 e. The van der Waals surface area contributed by atoms with Gasteiger partial charge in [-0.15, -0.1) is 11.3 Å². The van der Waals surface area contributed by atoms with Gasteiger partial charge in [0.2, 0.25) is 0 Å². The highest BCUT2D eigenvalue weighted by Crippen LogP contribution is 2.38. The van der Waals surface area contributed by atoms with Crippen LogP contribution in [-0.4, -0.2) is 54.4 Å². The standard InChI is InChI=1S/C18H30N4O2S2/c1-4-19-17(20-12-16-21-14(2)15(3)25-16)22-10-11-26(23,24)18(13-22)8-6-5-7-9-18/h4-13H2,1-3H3,(H,19,20). The number of nitrogens with one attached hydrogen (secondary N) is 1. The third-order valence-corrected chi connectivity index (χ3v) is 9.24. The molecule has 2 heterocycles. The zero-order valence-electron chi connectivity index (χ0n) is 16.0. The van der Waals surface area contributed by atoms with Crippen molar-refractivity contribution in [2.75, 3.05) is 25.4 Å². The molecular formula is C18H30N4O2S2. The molecule has 1 spiro atoms. The Labute approximate surface area is 161 Å². The number of nitrogens with zero attached hydrogens (tertiary/aromatic N) is 3. The van der Waals surface area contributed by atoms with Gasteiger partial charge in [-0.3, -0.25) is 0 Å². The van der Waals surface area contributed by atoms with Crippen molar-refractivity contribution in [3.05, 3.63) is 15.6 Å². The van der Waals surface area contributed by atoms with Gasteiger partial charge in [0.05, 0.1) is 22.7 Å². The molecule has 26 heavy (non-hydrogen) atoms. The average Bonchev–Trinajstić information content (AvgIpc) is 2.93. The fourth-order valence-electron chi connectivity index (χ4n) is 3.99. The first-order chi connectivity index (χ1) is 12.4. The quantitative estimate of drug-likeness (QED) is 0.626. The number of sulfone groups is 1. The molecule has 2 fully saturated rings. The Hall–Kier alpha value is -1.15. The Morgan fingerprint density at radius 3 is 2.65 bits per heavy atom. The highest BCUT2D eigenvalue weighted by molar-refractivity contribution is 7.92. The summed E-state index contributed by atoms with van der Waals surface area (Å²) in [7, 11) is -3.03. The van der Waals surface area contributed by atoms with E-state index in [4.69, 9.17) is 4.99 Å². The van der Waals surface area contributed by atoms with Crippen LogP contribution in [-0.2, 0) is 16.4 Å². The van der Waals surface area contributed by atoms with E-state index in [1.54, 1.807) is 11.3 Å². The van der Waals surface area contributed by atoms with Crippen LogP contribution in [0, 0.1) is 13.8 Å². The summed E-state index contributed by atoms with van der Waals surface area (Å²) in [6.45, 7) is 8.54. The predicted octanol–water partition coefficient (Wildman–Crippen LogP) is 2.66. The fraction of sp³-hybridized carbons (Fsp3) is 0.778. The molecule has 0 unspecified atom stereocenters. The van der Waals surface area contributed by atoms with E-state index in [-0.39, 0.29) is 5.75 Å². The van der Waals surface area contributed by atoms with Crippen molar-refractivity contribution in [1.82, 2.24) is 15.2 Å². The first-order valence-electron chi connectivity index (χ1n) is 9.55. The summed E-state index contributed by atoms with van der Waals surface area (Å²) in [5.74, 6) is 1.05. The van der Waals surface area contributed by atoms with Gasteiger partial charge in [0.15, 0.2) is 15.8 Å². The molecule has 0 amide bonds. The largest absolute Gasteiger partial charge is 0.357 e. The second kappa shape index (κ2) is 7.84. The number of aromatic nitrogens is 1. The van der Waals surface area contributed by atoms with Crippen LogP contribution in [0.3, 0.4) is 0 Å². The minimum absolute atomic E-state index is 0.229. The summed E-state index contributed by atoms with van der Waals surface area (Å²) < 4.78 is 25.0. The maximum absolute atomic E-state index is 12.8. The van der Waals surface area contributed by atoms with E-state index >= 15 is 0 Å². The van der Waals surface area contributed by atoms with E-state index < -0.39 is 14.6 Å². The summed E-state index contributed by atoms with van der Waals surface area (Å²) >= 11 is 1.68. The predicted molar refractivity (Wildman–Crippen MR) is 108 cm³/mol. The molecular weight excluding hydrogens is 368 g/mol. The Morgan fingerprint density at radius 2 is 2.04 bits per heavy atom. The van der Waals surface area contributed by atoms with Crippen molar-refractivity contribution < 1.29 is 8.42 Å². The third kappa shape index (κ3) is 3.91. The second-order valence-electron chi connectivity index (χ2n) is 7.40. The van der Waals surface area contributed by atoms with Crippen molar-refractivity contribution in [1.29, 1.82) is 0 Å². The lowest BCUT2D eigenvalue weighted by Gasteiger charge is -2.45. The molecule has 0 atom stereocenters. The van der Waals surface area contributed by atoms with Gasteiger partial charge in [0.25, 0.3) is 0 Å². The van der Waals surface area contributed by atoms with Crippen LogP contribution in [0.1, 0.15) is 54.6 Å². The SMILES string of the molecule is CCNC(=NCc1nc(C)c(C)s1)N1CCS(=O)(=O)C2(CCCCC2)C1. The van der Waals surface area contributed by atoms with Gasteiger partial charge in [-0.1, -0.05) is 19.3 Å². The topological polar surface area (TPSA) is 74.7 Å². The van der Waals surface area contributed by atoms with E-state index in [0.29, 0.717) is 19.6 Å². The Balaban J connectivity index is 1.80. The van der Waals surface area contributed by atoms with Crippen LogP contribution in [0.15, 0.2) is 4.99 Å². The van der Waals surface area contributed by atoms with Gasteiger partial charge in [-0.05, 0) is 33.6 Å². The lowest BCUT2D eigenvalue weighted by molar-refractivity contribution is 0.274. The van der Waals surface area contributed by atoms with Crippen molar-refractivity contribution in [3.8, 4) is 0 Å². The number of thiazole rings is 1. The molecule has 1 saturated heterocycles. The van der Waals surface area contributed by atoms with E-state index in [0.717, 1.165) is 55.3 Å². The number of hydrogen-bond acceptors (Lipinski definition) is 5. The van der Waals surface area contributed by atoms with Crippen molar-refractivity contribution in [2.24, 2.45) is 4.99 Å². The van der Waals surface area contributed by atoms with E-state index in [9.17, 15) is 8.42 Å². The van der Waals surface area contributed by atoms with Crippen LogP contribution in [0.2, 0.25) is 0 Å². The highest BCUT2D eigenvalue weighted by atomic mass is 32.2. The van der Waals surface area contributed by atoms with Crippen LogP contribution in [0.5, 0.6) is 0 Å². The van der Waals surface area contributed by atoms with Crippen LogP contribution >= 0.6 is 11.3 Å². The molecule has 146 valence electrons. The zero-order valence-corrected chi connectivity index (χ0v) is 17.7. The molecule has 2 aliphatic rings. The van der Waals surface area contributed by atoms with E-state index in [1.807, 2.05) is 13.8 Å². The van der Waals surface area contributed by atoms with Gasteiger partial charge >= 0.3 is 0 Å². The second-order valence-corrected chi connectivity index (χ2v) is 11.2. The zero-order chi connectivity index (χ0) is 18.8. The highest BCUT2D eigenvalue weighted by Gasteiger charge is 2.48. The number of aryl methyl sites for hydroxylation is 2. The molecule has 1 aliphatic heterocycles. The molecule has 0 bridgehead atoms. The maximum atomic E-state index is 12.8. The fourth-order valence-corrected chi connectivity index (χ4v) is 7.01. The summed E-state index contributed by atoms with van der Waals surface area (Å²) in [5, 5.41) is 4.36. The summed E-state index contributed by atoms with van der Waals surface area (Å²) in [6, 6.07) is 0. The number of rotatable bonds is 3. The Kier molecular flexibility index (Phi) is 5.91. The summed E-state index contributed by atoms with van der Waals surface area (Å²) in [6.07, 6.45) is 4.75. The molecule has 1 aromatic heterocycles. The van der Waals surface area contributed by atoms with Gasteiger partial charge in [-0.2, -0.15) is 0 Å². The molecule has 1 saturated carbocycles. The van der Waals surface area contributed by atoms with Crippen molar-refractivity contribution in [2.45, 2.75) is 64.2 Å². The van der Waals surface area contributed by atoms with Crippen LogP contribution < -0.4 is 5.32 Å². The molecule has 1 aromatic rings. The normalized spacial score (nSPS) is 22.6.